The van der Waals surface area contributed by atoms with Crippen LogP contribution in [0.4, 0.5) is 0 Å². The van der Waals surface area contributed by atoms with Crippen molar-refractivity contribution >= 4 is 36.7 Å². The van der Waals surface area contributed by atoms with Crippen molar-refractivity contribution in [3.8, 4) is 0 Å². The summed E-state index contributed by atoms with van der Waals surface area (Å²) in [4.78, 5) is 18.4. The van der Waals surface area contributed by atoms with E-state index in [0.29, 0.717) is 18.7 Å². The smallest absolute Gasteiger partial charge is 0.254 e. The van der Waals surface area contributed by atoms with Crippen molar-refractivity contribution in [1.29, 1.82) is 0 Å². The molecule has 0 spiro atoms. The van der Waals surface area contributed by atoms with E-state index in [9.17, 15) is 21.6 Å². The van der Waals surface area contributed by atoms with Crippen molar-refractivity contribution < 1.29 is 21.6 Å². The van der Waals surface area contributed by atoms with E-state index < -0.39 is 25.9 Å². The SMILES string of the molecule is Cc1ccc2[nH]c3c(c2c1)CN(C(=O)c1ccc(S(=O)(=O)N[C@H]2CCS(=O)(=O)C2)cc1)CC3. The minimum absolute atomic E-state index is 0.0105. The minimum Gasteiger partial charge on any atom is -0.358 e. The Morgan fingerprint density at radius 1 is 1.15 bits per heavy atom. The van der Waals surface area contributed by atoms with Crippen LogP contribution in [-0.4, -0.2) is 56.7 Å². The van der Waals surface area contributed by atoms with Gasteiger partial charge >= 0.3 is 0 Å². The molecule has 2 N–H and O–H groups in total. The van der Waals surface area contributed by atoms with E-state index in [1.54, 1.807) is 4.90 Å². The summed E-state index contributed by atoms with van der Waals surface area (Å²) in [5, 5.41) is 1.13. The molecule has 1 fully saturated rings. The van der Waals surface area contributed by atoms with E-state index in [1.807, 2.05) is 6.92 Å². The lowest BCUT2D eigenvalue weighted by atomic mass is 10.0. The topological polar surface area (TPSA) is 116 Å². The lowest BCUT2D eigenvalue weighted by Gasteiger charge is -2.27. The van der Waals surface area contributed by atoms with Crippen molar-refractivity contribution in [3.63, 3.8) is 0 Å². The van der Waals surface area contributed by atoms with Crippen molar-refractivity contribution in [2.45, 2.75) is 37.2 Å². The number of sulfonamides is 1. The third-order valence-corrected chi connectivity index (χ3v) is 9.69. The lowest BCUT2D eigenvalue weighted by molar-refractivity contribution is 0.0735. The highest BCUT2D eigenvalue weighted by Crippen LogP contribution is 2.29. The number of fused-ring (bicyclic) bond motifs is 3. The first kappa shape index (κ1) is 22.1. The number of rotatable bonds is 4. The maximum Gasteiger partial charge on any atom is 0.254 e. The number of aryl methyl sites for hydroxylation is 1. The standard InChI is InChI=1S/C23H25N3O5S2/c1-15-2-7-21-19(12-15)20-13-26(10-8-22(20)24-21)23(27)16-3-5-18(6-4-16)33(30,31)25-17-9-11-32(28,29)14-17/h2-7,12,17,24-25H,8-11,13-14H2,1H3/t17-/m0/s1. The van der Waals surface area contributed by atoms with E-state index in [0.717, 1.165) is 34.1 Å². The van der Waals surface area contributed by atoms with Gasteiger partial charge in [0.1, 0.15) is 0 Å². The third kappa shape index (κ3) is 4.30. The molecule has 2 aromatic carbocycles. The van der Waals surface area contributed by atoms with Crippen LogP contribution in [0.25, 0.3) is 10.9 Å². The minimum atomic E-state index is -3.87. The van der Waals surface area contributed by atoms with E-state index >= 15 is 0 Å². The van der Waals surface area contributed by atoms with Crippen LogP contribution in [0.15, 0.2) is 47.4 Å². The van der Waals surface area contributed by atoms with Gasteiger partial charge in [-0.05, 0) is 49.7 Å². The van der Waals surface area contributed by atoms with Gasteiger partial charge in [0.2, 0.25) is 10.0 Å². The van der Waals surface area contributed by atoms with Gasteiger partial charge < -0.3 is 9.88 Å². The summed E-state index contributed by atoms with van der Waals surface area (Å²) < 4.78 is 50.9. The van der Waals surface area contributed by atoms with E-state index in [-0.39, 0.29) is 28.7 Å². The Morgan fingerprint density at radius 3 is 2.61 bits per heavy atom. The molecule has 3 heterocycles. The van der Waals surface area contributed by atoms with Crippen LogP contribution in [0, 0.1) is 6.92 Å². The van der Waals surface area contributed by atoms with Crippen LogP contribution in [0.3, 0.4) is 0 Å². The Balaban J connectivity index is 1.32. The number of hydrogen-bond donors (Lipinski definition) is 2. The Morgan fingerprint density at radius 2 is 1.91 bits per heavy atom. The van der Waals surface area contributed by atoms with E-state index in [1.165, 1.54) is 24.3 Å². The molecular formula is C23H25N3O5S2. The summed E-state index contributed by atoms with van der Waals surface area (Å²) >= 11 is 0. The van der Waals surface area contributed by atoms with Crippen LogP contribution in [0.2, 0.25) is 0 Å². The highest BCUT2D eigenvalue weighted by molar-refractivity contribution is 7.92. The zero-order valence-electron chi connectivity index (χ0n) is 18.2. The molecule has 2 aliphatic rings. The molecule has 0 bridgehead atoms. The second-order valence-corrected chi connectivity index (χ2v) is 12.8. The average Bonchev–Trinajstić information content (AvgIpc) is 3.31. The van der Waals surface area contributed by atoms with Gasteiger partial charge in [-0.25, -0.2) is 21.6 Å². The number of nitrogens with zero attached hydrogens (tertiary/aromatic N) is 1. The number of carbonyl (C=O) groups excluding carboxylic acids is 1. The van der Waals surface area contributed by atoms with Crippen molar-refractivity contribution in [1.82, 2.24) is 14.6 Å². The number of hydrogen-bond acceptors (Lipinski definition) is 5. The van der Waals surface area contributed by atoms with Crippen LogP contribution in [-0.2, 0) is 32.8 Å². The van der Waals surface area contributed by atoms with Gasteiger partial charge in [0.25, 0.3) is 5.91 Å². The fourth-order valence-corrected chi connectivity index (χ4v) is 7.69. The number of carbonyl (C=O) groups is 1. The molecule has 8 nitrogen and oxygen atoms in total. The van der Waals surface area contributed by atoms with Gasteiger partial charge in [0, 0.05) is 53.3 Å². The molecular weight excluding hydrogens is 462 g/mol. The largest absolute Gasteiger partial charge is 0.358 e. The molecule has 1 saturated heterocycles. The molecule has 0 unspecified atom stereocenters. The fraction of sp³-hybridized carbons (Fsp3) is 0.348. The summed E-state index contributed by atoms with van der Waals surface area (Å²) in [7, 11) is -7.06. The molecule has 174 valence electrons. The van der Waals surface area contributed by atoms with Gasteiger partial charge in [0.15, 0.2) is 9.84 Å². The number of amides is 1. The number of nitrogens with one attached hydrogen (secondary N) is 2. The van der Waals surface area contributed by atoms with Gasteiger partial charge in [-0.2, -0.15) is 0 Å². The van der Waals surface area contributed by atoms with Gasteiger partial charge in [-0.15, -0.1) is 0 Å². The van der Waals surface area contributed by atoms with E-state index in [2.05, 4.69) is 27.9 Å². The number of H-pyrrole nitrogens is 1. The monoisotopic (exact) mass is 487 g/mol. The normalized spacial score (nSPS) is 20.2. The van der Waals surface area contributed by atoms with Crippen molar-refractivity contribution in [2.24, 2.45) is 0 Å². The highest BCUT2D eigenvalue weighted by Gasteiger charge is 2.31. The molecule has 0 radical (unpaired) electrons. The Labute approximate surface area is 193 Å². The molecule has 33 heavy (non-hydrogen) atoms. The first-order valence-corrected chi connectivity index (χ1v) is 14.1. The van der Waals surface area contributed by atoms with E-state index in [4.69, 9.17) is 0 Å². The molecule has 2 aliphatic heterocycles. The second kappa shape index (κ2) is 7.96. The predicted molar refractivity (Wildman–Crippen MR) is 125 cm³/mol. The summed E-state index contributed by atoms with van der Waals surface area (Å²) in [5.74, 6) is -0.352. The number of aromatic nitrogens is 1. The van der Waals surface area contributed by atoms with Crippen LogP contribution >= 0.6 is 0 Å². The number of sulfone groups is 1. The van der Waals surface area contributed by atoms with Crippen LogP contribution in [0.5, 0.6) is 0 Å². The molecule has 1 amide bonds. The zero-order chi connectivity index (χ0) is 23.4. The van der Waals surface area contributed by atoms with Gasteiger partial charge in [0.05, 0.1) is 16.4 Å². The molecule has 3 aromatic rings. The molecule has 10 heteroatoms. The first-order chi connectivity index (χ1) is 15.6. The fourth-order valence-electron chi connectivity index (χ4n) is 4.64. The molecule has 0 aliphatic carbocycles. The average molecular weight is 488 g/mol. The number of aromatic amines is 1. The van der Waals surface area contributed by atoms with Gasteiger partial charge in [-0.1, -0.05) is 11.6 Å². The van der Waals surface area contributed by atoms with Crippen molar-refractivity contribution in [3.05, 3.63) is 64.8 Å². The maximum atomic E-state index is 13.1. The lowest BCUT2D eigenvalue weighted by Crippen LogP contribution is -2.36. The Bertz CT molecular complexity index is 1460. The second-order valence-electron chi connectivity index (χ2n) is 8.85. The Kier molecular flexibility index (Phi) is 5.34. The predicted octanol–water partition coefficient (Wildman–Crippen LogP) is 2.14. The summed E-state index contributed by atoms with van der Waals surface area (Å²) in [5.41, 5.74) is 4.92. The zero-order valence-corrected chi connectivity index (χ0v) is 19.8. The van der Waals surface area contributed by atoms with Crippen LogP contribution in [0.1, 0.15) is 33.6 Å². The summed E-state index contributed by atoms with van der Waals surface area (Å²) in [6.07, 6.45) is 0.998. The molecule has 1 aromatic heterocycles. The highest BCUT2D eigenvalue weighted by atomic mass is 32.2. The summed E-state index contributed by atoms with van der Waals surface area (Å²) in [6, 6.07) is 11.4. The maximum absolute atomic E-state index is 13.1. The Hall–Kier alpha value is -2.69. The molecule has 0 saturated carbocycles. The first-order valence-electron chi connectivity index (χ1n) is 10.8. The summed E-state index contributed by atoms with van der Waals surface area (Å²) in [6.45, 7) is 3.12. The quantitative estimate of drug-likeness (QED) is 0.585. The molecule has 1 atom stereocenters. The third-order valence-electron chi connectivity index (χ3n) is 6.38. The van der Waals surface area contributed by atoms with Crippen LogP contribution < -0.4 is 4.72 Å². The number of benzene rings is 2. The molecule has 5 rings (SSSR count). The van der Waals surface area contributed by atoms with Gasteiger partial charge in [-0.3, -0.25) is 4.79 Å². The van der Waals surface area contributed by atoms with Crippen molar-refractivity contribution in [2.75, 3.05) is 18.1 Å².